The predicted octanol–water partition coefficient (Wildman–Crippen LogP) is 6.80. The number of carbonyl (C=O) groups is 4. The van der Waals surface area contributed by atoms with Crippen LogP contribution in [0.15, 0.2) is 97.1 Å². The maximum Gasteiger partial charge on any atom is 0.421 e. The topological polar surface area (TPSA) is 80.8 Å². The lowest BCUT2D eigenvalue weighted by molar-refractivity contribution is -0.119. The Kier molecular flexibility index (Phi) is 6.56. The van der Waals surface area contributed by atoms with Crippen molar-refractivity contribution in [2.75, 3.05) is 11.5 Å². The number of fused-ring (bicyclic) bond motifs is 3. The highest BCUT2D eigenvalue weighted by Gasteiger charge is 2.53. The fourth-order valence-corrected chi connectivity index (χ4v) is 6.35. The number of benzene rings is 4. The summed E-state index contributed by atoms with van der Waals surface area (Å²) in [7, 11) is 0. The molecule has 4 aromatic rings. The molecule has 0 aromatic heterocycles. The van der Waals surface area contributed by atoms with Crippen LogP contribution in [0.4, 0.5) is 10.5 Å². The fourth-order valence-electron chi connectivity index (χ4n) is 6.06. The number of ketones is 2. The molecule has 1 heterocycles. The van der Waals surface area contributed by atoms with E-state index in [1.54, 1.807) is 73.7 Å². The first kappa shape index (κ1) is 25.7. The van der Waals surface area contributed by atoms with Gasteiger partial charge in [-0.05, 0) is 30.2 Å². The summed E-state index contributed by atoms with van der Waals surface area (Å²) >= 11 is 6.74. The third kappa shape index (κ3) is 3.95. The second-order valence-corrected chi connectivity index (χ2v) is 10.2. The Morgan fingerprint density at radius 3 is 2.02 bits per heavy atom. The third-order valence-electron chi connectivity index (χ3n) is 7.68. The number of halogens is 1. The molecule has 0 N–H and O–H groups in total. The van der Waals surface area contributed by atoms with Crippen LogP contribution in [0.3, 0.4) is 0 Å². The molecule has 0 bridgehead atoms. The lowest BCUT2D eigenvalue weighted by Crippen LogP contribution is -2.41. The summed E-state index contributed by atoms with van der Waals surface area (Å²) in [6.45, 7) is 1.73. The van der Waals surface area contributed by atoms with Crippen molar-refractivity contribution >= 4 is 40.9 Å². The van der Waals surface area contributed by atoms with E-state index in [0.717, 1.165) is 4.90 Å². The molecule has 2 amide bonds. The third-order valence-corrected chi connectivity index (χ3v) is 8.01. The monoisotopic (exact) mass is 549 g/mol. The number of imide groups is 1. The van der Waals surface area contributed by atoms with Gasteiger partial charge in [0.15, 0.2) is 11.6 Å². The molecule has 40 heavy (non-hydrogen) atoms. The molecule has 7 heteroatoms. The molecule has 1 aliphatic heterocycles. The molecule has 0 saturated heterocycles. The number of amides is 2. The summed E-state index contributed by atoms with van der Waals surface area (Å²) in [5.41, 5.74) is 3.35. The Bertz CT molecular complexity index is 1630. The van der Waals surface area contributed by atoms with Gasteiger partial charge in [0, 0.05) is 39.1 Å². The molecular weight excluding hydrogens is 526 g/mol. The Morgan fingerprint density at radius 1 is 0.800 bits per heavy atom. The zero-order valence-corrected chi connectivity index (χ0v) is 22.3. The number of rotatable bonds is 5. The Morgan fingerprint density at radius 2 is 1.40 bits per heavy atom. The van der Waals surface area contributed by atoms with E-state index in [1.165, 1.54) is 0 Å². The quantitative estimate of drug-likeness (QED) is 0.256. The first-order valence-corrected chi connectivity index (χ1v) is 13.4. The molecule has 1 aliphatic carbocycles. The molecular formula is C33H24ClNO5. The van der Waals surface area contributed by atoms with Crippen LogP contribution in [-0.4, -0.2) is 30.2 Å². The largest absolute Gasteiger partial charge is 0.449 e. The Hall–Kier alpha value is -4.55. The highest BCUT2D eigenvalue weighted by Crippen LogP contribution is 2.53. The summed E-state index contributed by atoms with van der Waals surface area (Å²) in [5.74, 6) is -3.83. The van der Waals surface area contributed by atoms with Gasteiger partial charge in [0.1, 0.15) is 0 Å². The van der Waals surface area contributed by atoms with E-state index in [4.69, 9.17) is 16.3 Å². The maximum absolute atomic E-state index is 14.6. The van der Waals surface area contributed by atoms with E-state index >= 15 is 0 Å². The van der Waals surface area contributed by atoms with E-state index in [2.05, 4.69) is 0 Å². The summed E-state index contributed by atoms with van der Waals surface area (Å²) in [6, 6.07) is 28.0. The molecule has 0 radical (unpaired) electrons. The summed E-state index contributed by atoms with van der Waals surface area (Å²) in [5, 5.41) is 0.266. The van der Waals surface area contributed by atoms with Crippen molar-refractivity contribution < 1.29 is 23.9 Å². The van der Waals surface area contributed by atoms with Gasteiger partial charge in [-0.3, -0.25) is 14.4 Å². The average molecular weight is 550 g/mol. The molecule has 6 rings (SSSR count). The van der Waals surface area contributed by atoms with Crippen LogP contribution in [0.1, 0.15) is 61.7 Å². The molecule has 0 saturated carbocycles. The van der Waals surface area contributed by atoms with Gasteiger partial charge in [-0.15, -0.1) is 0 Å². The summed E-state index contributed by atoms with van der Waals surface area (Å²) < 4.78 is 5.23. The van der Waals surface area contributed by atoms with E-state index < -0.39 is 29.8 Å². The highest BCUT2D eigenvalue weighted by molar-refractivity contribution is 6.34. The van der Waals surface area contributed by atoms with Crippen LogP contribution < -0.4 is 4.90 Å². The van der Waals surface area contributed by atoms with Crippen LogP contribution >= 0.6 is 11.6 Å². The molecule has 2 aliphatic rings. The van der Waals surface area contributed by atoms with Gasteiger partial charge in [-0.25, -0.2) is 9.69 Å². The molecule has 4 aromatic carbocycles. The van der Waals surface area contributed by atoms with Gasteiger partial charge in [-0.1, -0.05) is 96.5 Å². The Balaban J connectivity index is 1.64. The number of carbonyl (C=O) groups excluding carboxylic acids is 4. The molecule has 6 nitrogen and oxygen atoms in total. The number of Topliss-reactive ketones (excluding diaryl/α,β-unsaturated/α-hetero) is 1. The fraction of sp³-hybridized carbons (Fsp3) is 0.152. The minimum Gasteiger partial charge on any atom is -0.449 e. The number of ether oxygens (including phenoxy) is 1. The summed E-state index contributed by atoms with van der Waals surface area (Å²) in [4.78, 5) is 56.4. The lowest BCUT2D eigenvalue weighted by Gasteiger charge is -2.35. The predicted molar refractivity (Wildman–Crippen MR) is 151 cm³/mol. The number of hydrogen-bond donors (Lipinski definition) is 0. The van der Waals surface area contributed by atoms with Crippen molar-refractivity contribution in [2.45, 2.75) is 18.8 Å². The van der Waals surface area contributed by atoms with Gasteiger partial charge >= 0.3 is 6.09 Å². The molecule has 0 fully saturated rings. The first-order valence-electron chi connectivity index (χ1n) is 13.0. The zero-order valence-electron chi connectivity index (χ0n) is 21.5. The van der Waals surface area contributed by atoms with Crippen LogP contribution in [0.2, 0.25) is 5.02 Å². The van der Waals surface area contributed by atoms with Crippen molar-refractivity contribution in [2.24, 2.45) is 5.92 Å². The first-order chi connectivity index (χ1) is 19.4. The van der Waals surface area contributed by atoms with Crippen molar-refractivity contribution in [1.29, 1.82) is 0 Å². The summed E-state index contributed by atoms with van der Waals surface area (Å²) in [6.07, 6.45) is -0.830. The highest BCUT2D eigenvalue weighted by atomic mass is 35.5. The standard InChI is InChI=1S/C33H24ClNO5/c1-2-40-33(39)35-25-18-10-17-24(34)27(25)29(32(35)38)28(30(36)19-11-4-3-5-12-19)26-20-13-6-8-15-22(20)31(37)23-16-9-7-14-21(23)26/h3-18,26,28-29H,2H2,1H3/t28-,29-/m0/s1. The van der Waals surface area contributed by atoms with Gasteiger partial charge in [0.25, 0.3) is 0 Å². The molecule has 2 atom stereocenters. The van der Waals surface area contributed by atoms with E-state index in [1.807, 2.05) is 30.3 Å². The molecule has 198 valence electrons. The van der Waals surface area contributed by atoms with Gasteiger partial charge in [0.2, 0.25) is 5.91 Å². The number of nitrogens with zero attached hydrogens (tertiary/aromatic N) is 1. The van der Waals surface area contributed by atoms with Crippen LogP contribution in [-0.2, 0) is 9.53 Å². The second-order valence-electron chi connectivity index (χ2n) is 9.76. The average Bonchev–Trinajstić information content (AvgIpc) is 3.28. The van der Waals surface area contributed by atoms with E-state index in [-0.39, 0.29) is 23.2 Å². The van der Waals surface area contributed by atoms with E-state index in [9.17, 15) is 19.2 Å². The molecule has 0 unspecified atom stereocenters. The lowest BCUT2D eigenvalue weighted by atomic mass is 9.65. The van der Waals surface area contributed by atoms with Crippen LogP contribution in [0, 0.1) is 5.92 Å². The molecule has 0 spiro atoms. The second kappa shape index (κ2) is 10.2. The van der Waals surface area contributed by atoms with Crippen LogP contribution in [0.5, 0.6) is 0 Å². The minimum absolute atomic E-state index is 0.0705. The van der Waals surface area contributed by atoms with Crippen molar-refractivity contribution in [3.05, 3.63) is 135 Å². The number of hydrogen-bond acceptors (Lipinski definition) is 5. The smallest absolute Gasteiger partial charge is 0.421 e. The van der Waals surface area contributed by atoms with Gasteiger partial charge in [-0.2, -0.15) is 0 Å². The van der Waals surface area contributed by atoms with Crippen molar-refractivity contribution in [3.63, 3.8) is 0 Å². The van der Waals surface area contributed by atoms with Gasteiger partial charge in [0.05, 0.1) is 18.2 Å². The minimum atomic E-state index is -1.11. The van der Waals surface area contributed by atoms with Crippen molar-refractivity contribution in [1.82, 2.24) is 0 Å². The van der Waals surface area contributed by atoms with Crippen molar-refractivity contribution in [3.8, 4) is 0 Å². The maximum atomic E-state index is 14.6. The normalized spacial score (nSPS) is 16.6. The Labute approximate surface area is 236 Å². The van der Waals surface area contributed by atoms with E-state index in [0.29, 0.717) is 39.1 Å². The van der Waals surface area contributed by atoms with Crippen LogP contribution in [0.25, 0.3) is 0 Å². The SMILES string of the molecule is CCOC(=O)N1C(=O)[C@H]([C@@H](C(=O)c2ccccc2)C2c3ccccc3C(=O)c3ccccc32)c2c(Cl)cccc21. The van der Waals surface area contributed by atoms with Gasteiger partial charge < -0.3 is 4.74 Å². The number of anilines is 1. The zero-order chi connectivity index (χ0) is 28.0.